The molecule has 0 aliphatic heterocycles. The second-order valence-electron chi connectivity index (χ2n) is 5.36. The van der Waals surface area contributed by atoms with Crippen LogP contribution in [-0.2, 0) is 13.1 Å². The van der Waals surface area contributed by atoms with E-state index in [4.69, 9.17) is 0 Å². The van der Waals surface area contributed by atoms with Gasteiger partial charge in [0.2, 0.25) is 0 Å². The smallest absolute Gasteiger partial charge is 0.123 e. The molecule has 1 nitrogen and oxygen atoms in total. The van der Waals surface area contributed by atoms with Gasteiger partial charge in [-0.1, -0.05) is 40.2 Å². The molecule has 0 heterocycles. The number of rotatable bonds is 5. The van der Waals surface area contributed by atoms with Crippen molar-refractivity contribution in [3.05, 3.63) is 69.4 Å². The second kappa shape index (κ2) is 6.06. The lowest BCUT2D eigenvalue weighted by Gasteiger charge is -2.08. The summed E-state index contributed by atoms with van der Waals surface area (Å²) in [7, 11) is 0. The van der Waals surface area contributed by atoms with E-state index in [1.807, 2.05) is 0 Å². The van der Waals surface area contributed by atoms with Crippen molar-refractivity contribution < 1.29 is 4.39 Å². The maximum atomic E-state index is 13.2. The molecule has 1 saturated carbocycles. The zero-order chi connectivity index (χ0) is 13.9. The highest BCUT2D eigenvalue weighted by molar-refractivity contribution is 9.10. The largest absolute Gasteiger partial charge is 0.309 e. The van der Waals surface area contributed by atoms with Crippen molar-refractivity contribution in [1.29, 1.82) is 0 Å². The molecule has 0 spiro atoms. The zero-order valence-corrected chi connectivity index (χ0v) is 12.8. The van der Waals surface area contributed by atoms with Gasteiger partial charge >= 0.3 is 0 Å². The summed E-state index contributed by atoms with van der Waals surface area (Å²) in [4.78, 5) is 0. The first-order valence-electron chi connectivity index (χ1n) is 6.96. The molecule has 3 heteroatoms. The van der Waals surface area contributed by atoms with Crippen molar-refractivity contribution in [3.8, 4) is 0 Å². The van der Waals surface area contributed by atoms with Gasteiger partial charge in [0.15, 0.2) is 0 Å². The molecule has 3 rings (SSSR count). The Bertz CT molecular complexity index is 608. The van der Waals surface area contributed by atoms with E-state index in [0.29, 0.717) is 6.54 Å². The lowest BCUT2D eigenvalue weighted by atomic mass is 10.1. The number of halogens is 2. The first-order chi connectivity index (χ1) is 9.72. The molecule has 0 atom stereocenters. The Balaban J connectivity index is 1.59. The average Bonchev–Trinajstić information content (AvgIpc) is 3.28. The Labute approximate surface area is 127 Å². The summed E-state index contributed by atoms with van der Waals surface area (Å²) in [5.41, 5.74) is 3.70. The van der Waals surface area contributed by atoms with Gasteiger partial charge in [0.1, 0.15) is 5.82 Å². The van der Waals surface area contributed by atoms with Crippen LogP contribution in [0.3, 0.4) is 0 Å². The molecule has 104 valence electrons. The Hall–Kier alpha value is -1.19. The standard InChI is InChI=1S/C17H17BrFN/c18-17-7-6-16(19)9-15(17)11-20-10-12-2-1-3-14(8-12)13-4-5-13/h1-3,6-9,13,20H,4-5,10-11H2. The fourth-order valence-electron chi connectivity index (χ4n) is 2.39. The van der Waals surface area contributed by atoms with Crippen LogP contribution >= 0.6 is 15.9 Å². The Kier molecular flexibility index (Phi) is 4.18. The fraction of sp³-hybridized carbons (Fsp3) is 0.294. The van der Waals surface area contributed by atoms with Crippen molar-refractivity contribution in [2.45, 2.75) is 31.8 Å². The maximum Gasteiger partial charge on any atom is 0.123 e. The molecule has 1 aliphatic carbocycles. The number of nitrogens with one attached hydrogen (secondary N) is 1. The molecular formula is C17H17BrFN. The summed E-state index contributed by atoms with van der Waals surface area (Å²) in [6, 6.07) is 13.5. The molecule has 0 saturated heterocycles. The molecular weight excluding hydrogens is 317 g/mol. The predicted molar refractivity (Wildman–Crippen MR) is 83.1 cm³/mol. The van der Waals surface area contributed by atoms with E-state index >= 15 is 0 Å². The minimum atomic E-state index is -0.194. The van der Waals surface area contributed by atoms with E-state index in [9.17, 15) is 4.39 Å². The third-order valence-corrected chi connectivity index (χ3v) is 4.43. The highest BCUT2D eigenvalue weighted by Crippen LogP contribution is 2.40. The molecule has 0 radical (unpaired) electrons. The van der Waals surface area contributed by atoms with E-state index in [-0.39, 0.29) is 5.82 Å². The number of hydrogen-bond donors (Lipinski definition) is 1. The number of hydrogen-bond acceptors (Lipinski definition) is 1. The predicted octanol–water partition coefficient (Wildman–Crippen LogP) is 4.76. The summed E-state index contributed by atoms with van der Waals surface area (Å²) in [6.45, 7) is 1.47. The van der Waals surface area contributed by atoms with Gasteiger partial charge in [-0.25, -0.2) is 4.39 Å². The Morgan fingerprint density at radius 3 is 2.75 bits per heavy atom. The van der Waals surface area contributed by atoms with Gasteiger partial charge in [-0.2, -0.15) is 0 Å². The molecule has 0 amide bonds. The quantitative estimate of drug-likeness (QED) is 0.832. The molecule has 1 aliphatic rings. The highest BCUT2D eigenvalue weighted by atomic mass is 79.9. The second-order valence-corrected chi connectivity index (χ2v) is 6.21. The van der Waals surface area contributed by atoms with Gasteiger partial charge in [0, 0.05) is 17.6 Å². The summed E-state index contributed by atoms with van der Waals surface area (Å²) in [5.74, 6) is 0.591. The number of benzene rings is 2. The van der Waals surface area contributed by atoms with Crippen molar-refractivity contribution in [2.24, 2.45) is 0 Å². The average molecular weight is 334 g/mol. The van der Waals surface area contributed by atoms with Crippen LogP contribution in [0.1, 0.15) is 35.4 Å². The summed E-state index contributed by atoms with van der Waals surface area (Å²) >= 11 is 3.45. The molecule has 0 aromatic heterocycles. The molecule has 20 heavy (non-hydrogen) atoms. The topological polar surface area (TPSA) is 12.0 Å². The fourth-order valence-corrected chi connectivity index (χ4v) is 2.78. The summed E-state index contributed by atoms with van der Waals surface area (Å²) in [6.07, 6.45) is 2.65. The molecule has 1 N–H and O–H groups in total. The van der Waals surface area contributed by atoms with Crippen LogP contribution in [0.4, 0.5) is 4.39 Å². The lowest BCUT2D eigenvalue weighted by Crippen LogP contribution is -2.13. The van der Waals surface area contributed by atoms with Crippen molar-refractivity contribution in [2.75, 3.05) is 0 Å². The molecule has 2 aromatic rings. The van der Waals surface area contributed by atoms with E-state index in [0.717, 1.165) is 22.5 Å². The van der Waals surface area contributed by atoms with Crippen LogP contribution < -0.4 is 5.32 Å². The first kappa shape index (κ1) is 13.8. The van der Waals surface area contributed by atoms with Crippen molar-refractivity contribution in [1.82, 2.24) is 5.32 Å². The Morgan fingerprint density at radius 1 is 1.10 bits per heavy atom. The van der Waals surface area contributed by atoms with Gasteiger partial charge in [0.25, 0.3) is 0 Å². The van der Waals surface area contributed by atoms with Gasteiger partial charge in [0.05, 0.1) is 0 Å². The maximum absolute atomic E-state index is 13.2. The van der Waals surface area contributed by atoms with E-state index in [2.05, 4.69) is 45.5 Å². The van der Waals surface area contributed by atoms with Crippen LogP contribution in [-0.4, -0.2) is 0 Å². The third-order valence-electron chi connectivity index (χ3n) is 3.65. The molecule has 1 fully saturated rings. The first-order valence-corrected chi connectivity index (χ1v) is 7.75. The normalized spacial score (nSPS) is 14.5. The van der Waals surface area contributed by atoms with E-state index < -0.39 is 0 Å². The zero-order valence-electron chi connectivity index (χ0n) is 11.2. The minimum absolute atomic E-state index is 0.194. The van der Waals surface area contributed by atoms with Gasteiger partial charge in [-0.3, -0.25) is 0 Å². The van der Waals surface area contributed by atoms with Crippen molar-refractivity contribution >= 4 is 15.9 Å². The third kappa shape index (κ3) is 3.47. The van der Waals surface area contributed by atoms with Crippen LogP contribution in [0.15, 0.2) is 46.9 Å². The minimum Gasteiger partial charge on any atom is -0.309 e. The van der Waals surface area contributed by atoms with Crippen LogP contribution in [0.2, 0.25) is 0 Å². The van der Waals surface area contributed by atoms with Crippen LogP contribution in [0, 0.1) is 5.82 Å². The van der Waals surface area contributed by atoms with Gasteiger partial charge in [-0.15, -0.1) is 0 Å². The van der Waals surface area contributed by atoms with E-state index in [1.54, 1.807) is 12.1 Å². The molecule has 2 aromatic carbocycles. The van der Waals surface area contributed by atoms with Gasteiger partial charge in [-0.05, 0) is 53.6 Å². The van der Waals surface area contributed by atoms with Gasteiger partial charge < -0.3 is 5.32 Å². The van der Waals surface area contributed by atoms with Crippen molar-refractivity contribution in [3.63, 3.8) is 0 Å². The summed E-state index contributed by atoms with van der Waals surface area (Å²) in [5, 5.41) is 3.38. The molecule has 0 unspecified atom stereocenters. The molecule has 0 bridgehead atoms. The lowest BCUT2D eigenvalue weighted by molar-refractivity contribution is 0.619. The monoisotopic (exact) mass is 333 g/mol. The van der Waals surface area contributed by atoms with E-state index in [1.165, 1.54) is 30.0 Å². The Morgan fingerprint density at radius 2 is 1.95 bits per heavy atom. The van der Waals surface area contributed by atoms with Crippen LogP contribution in [0.5, 0.6) is 0 Å². The van der Waals surface area contributed by atoms with Crippen LogP contribution in [0.25, 0.3) is 0 Å². The highest BCUT2D eigenvalue weighted by Gasteiger charge is 2.23. The SMILES string of the molecule is Fc1ccc(Br)c(CNCc2cccc(C3CC3)c2)c1. The summed E-state index contributed by atoms with van der Waals surface area (Å²) < 4.78 is 14.1.